The summed E-state index contributed by atoms with van der Waals surface area (Å²) in [6, 6.07) is 13.2. The number of aliphatic hydroxyl groups is 1. The first-order valence-corrected chi connectivity index (χ1v) is 11.6. The van der Waals surface area contributed by atoms with Crippen LogP contribution in [0.1, 0.15) is 29.3 Å². The van der Waals surface area contributed by atoms with E-state index in [1.807, 2.05) is 25.1 Å². The van der Waals surface area contributed by atoms with Gasteiger partial charge in [-0.3, -0.25) is 4.79 Å². The molecule has 8 heteroatoms. The Hall–Kier alpha value is -3.36. The molecule has 1 amide bonds. The summed E-state index contributed by atoms with van der Waals surface area (Å²) in [6.45, 7) is 2.21. The predicted molar refractivity (Wildman–Crippen MR) is 130 cm³/mol. The topological polar surface area (TPSA) is 100 Å². The SMILES string of the molecule is CCCOc1ccc(-c2ccc(N)s2)cc1C(=O)NC(CO)Cc1c[nH]c2ccc(F)cc12. The quantitative estimate of drug-likeness (QED) is 0.286. The molecule has 0 aliphatic rings. The van der Waals surface area contributed by atoms with Gasteiger partial charge in [0.15, 0.2) is 0 Å². The van der Waals surface area contributed by atoms with E-state index in [0.29, 0.717) is 29.3 Å². The molecule has 1 unspecified atom stereocenters. The molecular weight excluding hydrogens is 441 g/mol. The van der Waals surface area contributed by atoms with Crippen molar-refractivity contribution in [1.29, 1.82) is 0 Å². The van der Waals surface area contributed by atoms with Crippen LogP contribution in [0.15, 0.2) is 54.7 Å². The molecule has 4 rings (SSSR count). The summed E-state index contributed by atoms with van der Waals surface area (Å²) in [6.07, 6.45) is 2.93. The first-order valence-electron chi connectivity index (χ1n) is 10.8. The van der Waals surface area contributed by atoms with Crippen LogP contribution >= 0.6 is 11.3 Å². The lowest BCUT2D eigenvalue weighted by Crippen LogP contribution is -2.39. The summed E-state index contributed by atoms with van der Waals surface area (Å²) >= 11 is 1.44. The van der Waals surface area contributed by atoms with Gasteiger partial charge in [-0.05, 0) is 72.5 Å². The lowest BCUT2D eigenvalue weighted by atomic mass is 10.0. The van der Waals surface area contributed by atoms with E-state index in [1.165, 1.54) is 23.5 Å². The van der Waals surface area contributed by atoms with Crippen LogP contribution in [0.3, 0.4) is 0 Å². The van der Waals surface area contributed by atoms with Gasteiger partial charge in [-0.1, -0.05) is 6.92 Å². The largest absolute Gasteiger partial charge is 0.493 e. The third kappa shape index (κ3) is 5.18. The van der Waals surface area contributed by atoms with Gasteiger partial charge in [0.25, 0.3) is 5.91 Å². The maximum atomic E-state index is 13.7. The maximum absolute atomic E-state index is 13.7. The number of nitrogens with two attached hydrogens (primary N) is 1. The van der Waals surface area contributed by atoms with Gasteiger partial charge in [0.05, 0.1) is 29.8 Å². The van der Waals surface area contributed by atoms with Gasteiger partial charge in [0.1, 0.15) is 11.6 Å². The summed E-state index contributed by atoms with van der Waals surface area (Å²) in [7, 11) is 0. The fourth-order valence-corrected chi connectivity index (χ4v) is 4.49. The lowest BCUT2D eigenvalue weighted by Gasteiger charge is -2.18. The second-order valence-electron chi connectivity index (χ2n) is 7.82. The first-order chi connectivity index (χ1) is 16.0. The molecule has 0 fully saturated rings. The van der Waals surface area contributed by atoms with Crippen LogP contribution in [0, 0.1) is 5.82 Å². The Bertz CT molecular complexity index is 1270. The standard InChI is InChI=1S/C25H26FN3O3S/c1-2-9-32-22-6-3-15(23-7-8-24(27)33-23)11-20(22)25(31)29-18(14-30)10-16-13-28-21-5-4-17(26)12-19(16)21/h3-8,11-13,18,28,30H,2,9-10,14,27H2,1H3,(H,29,31). The van der Waals surface area contributed by atoms with E-state index in [1.54, 1.807) is 24.4 Å². The number of carbonyl (C=O) groups excluding carboxylic acids is 1. The number of aromatic amines is 1. The normalized spacial score (nSPS) is 12.1. The maximum Gasteiger partial charge on any atom is 0.255 e. The molecule has 2 heterocycles. The molecule has 1 atom stereocenters. The highest BCUT2D eigenvalue weighted by molar-refractivity contribution is 7.19. The number of amides is 1. The molecule has 0 aliphatic heterocycles. The fourth-order valence-electron chi connectivity index (χ4n) is 3.72. The van der Waals surface area contributed by atoms with E-state index >= 15 is 0 Å². The Morgan fingerprint density at radius 3 is 2.82 bits per heavy atom. The number of ether oxygens (including phenoxy) is 1. The number of H-pyrrole nitrogens is 1. The summed E-state index contributed by atoms with van der Waals surface area (Å²) in [5, 5.41) is 14.3. The Balaban J connectivity index is 1.58. The molecule has 172 valence electrons. The van der Waals surface area contributed by atoms with E-state index in [9.17, 15) is 14.3 Å². The average Bonchev–Trinajstić information content (AvgIpc) is 3.43. The Labute approximate surface area is 195 Å². The number of anilines is 1. The molecule has 33 heavy (non-hydrogen) atoms. The Morgan fingerprint density at radius 2 is 2.09 bits per heavy atom. The van der Waals surface area contributed by atoms with Gasteiger partial charge < -0.3 is 25.9 Å². The number of hydrogen-bond donors (Lipinski definition) is 4. The zero-order chi connectivity index (χ0) is 23.4. The lowest BCUT2D eigenvalue weighted by molar-refractivity contribution is 0.0912. The zero-order valence-corrected chi connectivity index (χ0v) is 19.0. The molecule has 6 nitrogen and oxygen atoms in total. The van der Waals surface area contributed by atoms with Crippen molar-refractivity contribution in [2.75, 3.05) is 18.9 Å². The van der Waals surface area contributed by atoms with Gasteiger partial charge in [-0.15, -0.1) is 11.3 Å². The van der Waals surface area contributed by atoms with Crippen LogP contribution in [-0.2, 0) is 6.42 Å². The summed E-state index contributed by atoms with van der Waals surface area (Å²) < 4.78 is 19.5. The number of carbonyl (C=O) groups is 1. The van der Waals surface area contributed by atoms with E-state index in [2.05, 4.69) is 10.3 Å². The molecule has 2 aromatic carbocycles. The summed E-state index contributed by atoms with van der Waals surface area (Å²) in [5.41, 5.74) is 8.73. The number of fused-ring (bicyclic) bond motifs is 1. The van der Waals surface area contributed by atoms with Crippen molar-refractivity contribution in [3.8, 4) is 16.2 Å². The number of nitrogens with one attached hydrogen (secondary N) is 2. The van der Waals surface area contributed by atoms with Crippen molar-refractivity contribution in [2.45, 2.75) is 25.8 Å². The van der Waals surface area contributed by atoms with Crippen LogP contribution in [0.2, 0.25) is 0 Å². The molecular formula is C25H26FN3O3S. The second kappa shape index (κ2) is 10.1. The van der Waals surface area contributed by atoms with Crippen molar-refractivity contribution in [2.24, 2.45) is 0 Å². The molecule has 0 bridgehead atoms. The molecule has 0 spiro atoms. The van der Waals surface area contributed by atoms with Crippen LogP contribution < -0.4 is 15.8 Å². The van der Waals surface area contributed by atoms with E-state index in [0.717, 1.165) is 33.3 Å². The van der Waals surface area contributed by atoms with E-state index < -0.39 is 6.04 Å². The van der Waals surface area contributed by atoms with Crippen LogP contribution in [0.25, 0.3) is 21.3 Å². The number of nitrogen functional groups attached to an aromatic ring is 1. The molecule has 0 saturated heterocycles. The number of rotatable bonds is 9. The minimum absolute atomic E-state index is 0.264. The molecule has 4 aromatic rings. The monoisotopic (exact) mass is 467 g/mol. The number of halogens is 1. The van der Waals surface area contributed by atoms with E-state index in [4.69, 9.17) is 10.5 Å². The van der Waals surface area contributed by atoms with Crippen LogP contribution in [0.5, 0.6) is 5.75 Å². The van der Waals surface area contributed by atoms with Crippen molar-refractivity contribution in [1.82, 2.24) is 10.3 Å². The molecule has 0 saturated carbocycles. The van der Waals surface area contributed by atoms with Gasteiger partial charge in [0.2, 0.25) is 0 Å². The van der Waals surface area contributed by atoms with Crippen molar-refractivity contribution < 1.29 is 19.0 Å². The molecule has 5 N–H and O–H groups in total. The van der Waals surface area contributed by atoms with Crippen molar-refractivity contribution in [3.05, 3.63) is 71.7 Å². The molecule has 0 radical (unpaired) electrons. The van der Waals surface area contributed by atoms with Crippen molar-refractivity contribution in [3.63, 3.8) is 0 Å². The minimum Gasteiger partial charge on any atom is -0.493 e. The summed E-state index contributed by atoms with van der Waals surface area (Å²) in [4.78, 5) is 17.3. The predicted octanol–water partition coefficient (Wildman–Crippen LogP) is 4.74. The van der Waals surface area contributed by atoms with Gasteiger partial charge in [-0.2, -0.15) is 0 Å². The van der Waals surface area contributed by atoms with Gasteiger partial charge in [0, 0.05) is 22.0 Å². The fraction of sp³-hybridized carbons (Fsp3) is 0.240. The van der Waals surface area contributed by atoms with Crippen LogP contribution in [-0.4, -0.2) is 35.3 Å². The van der Waals surface area contributed by atoms with Gasteiger partial charge >= 0.3 is 0 Å². The Kier molecular flexibility index (Phi) is 6.96. The highest BCUT2D eigenvalue weighted by atomic mass is 32.1. The number of aliphatic hydroxyl groups excluding tert-OH is 1. The summed E-state index contributed by atoms with van der Waals surface area (Å²) in [5.74, 6) is -0.206. The van der Waals surface area contributed by atoms with Crippen molar-refractivity contribution >= 4 is 33.1 Å². The highest BCUT2D eigenvalue weighted by Gasteiger charge is 2.20. The number of aromatic nitrogens is 1. The third-order valence-corrected chi connectivity index (χ3v) is 6.31. The number of thiophene rings is 1. The zero-order valence-electron chi connectivity index (χ0n) is 18.2. The third-order valence-electron chi connectivity index (χ3n) is 5.35. The smallest absolute Gasteiger partial charge is 0.255 e. The molecule has 2 aromatic heterocycles. The minimum atomic E-state index is -0.556. The number of hydrogen-bond acceptors (Lipinski definition) is 5. The average molecular weight is 468 g/mol. The Morgan fingerprint density at radius 1 is 1.24 bits per heavy atom. The number of benzene rings is 2. The van der Waals surface area contributed by atoms with Gasteiger partial charge in [-0.25, -0.2) is 4.39 Å². The highest BCUT2D eigenvalue weighted by Crippen LogP contribution is 2.33. The molecule has 0 aliphatic carbocycles. The van der Waals surface area contributed by atoms with E-state index in [-0.39, 0.29) is 18.3 Å². The second-order valence-corrected chi connectivity index (χ2v) is 8.94. The van der Waals surface area contributed by atoms with Crippen LogP contribution in [0.4, 0.5) is 9.39 Å². The first kappa shape index (κ1) is 22.8.